The second-order valence-corrected chi connectivity index (χ2v) is 4.79. The Bertz CT molecular complexity index is 796. The van der Waals surface area contributed by atoms with Gasteiger partial charge in [0.2, 0.25) is 5.91 Å². The topological polar surface area (TPSA) is 47.6 Å². The van der Waals surface area contributed by atoms with Gasteiger partial charge in [0.25, 0.3) is 0 Å². The highest BCUT2D eigenvalue weighted by Gasteiger charge is 2.12. The fraction of sp³-hybridized carbons (Fsp3) is 0.118. The van der Waals surface area contributed by atoms with Gasteiger partial charge < -0.3 is 14.8 Å². The Hall–Kier alpha value is -3.10. The van der Waals surface area contributed by atoms with Crippen LogP contribution in [0, 0.1) is 5.82 Å². The summed E-state index contributed by atoms with van der Waals surface area (Å²) >= 11 is 0. The second-order valence-electron chi connectivity index (χ2n) is 4.79. The first-order valence-corrected chi connectivity index (χ1v) is 7.12. The minimum absolute atomic E-state index is 0.0290. The summed E-state index contributed by atoms with van der Waals surface area (Å²) in [4.78, 5) is 11.8. The summed E-state index contributed by atoms with van der Waals surface area (Å²) in [5, 5.41) is 2.37. The lowest BCUT2D eigenvalue weighted by Crippen LogP contribution is -2.08. The zero-order valence-corrected chi connectivity index (χ0v) is 13.0. The van der Waals surface area contributed by atoms with E-state index in [1.165, 1.54) is 24.3 Å². The van der Waals surface area contributed by atoms with Crippen molar-refractivity contribution in [2.75, 3.05) is 5.32 Å². The monoisotopic (exact) mass is 373 g/mol. The molecule has 0 aliphatic carbocycles. The van der Waals surface area contributed by atoms with Crippen molar-refractivity contribution in [3.05, 3.63) is 59.9 Å². The van der Waals surface area contributed by atoms with Crippen molar-refractivity contribution in [2.45, 2.75) is 13.2 Å². The molecule has 0 aromatic heterocycles. The Kier molecular flexibility index (Phi) is 6.54. The number of hydrogen-bond donors (Lipinski definition) is 1. The van der Waals surface area contributed by atoms with Gasteiger partial charge in [0.15, 0.2) is 0 Å². The smallest absolute Gasteiger partial charge is 0.387 e. The first kappa shape index (κ1) is 19.2. The summed E-state index contributed by atoms with van der Waals surface area (Å²) < 4.78 is 70.7. The molecule has 0 saturated carbocycles. The number of alkyl halides is 4. The first-order chi connectivity index (χ1) is 12.3. The van der Waals surface area contributed by atoms with E-state index in [2.05, 4.69) is 14.8 Å². The van der Waals surface area contributed by atoms with Gasteiger partial charge in [-0.2, -0.15) is 17.6 Å². The molecule has 0 bridgehead atoms. The van der Waals surface area contributed by atoms with Crippen molar-refractivity contribution in [3.63, 3.8) is 0 Å². The van der Waals surface area contributed by atoms with E-state index in [-0.39, 0.29) is 17.0 Å². The number of hydrogen-bond acceptors (Lipinski definition) is 3. The quantitative estimate of drug-likeness (QED) is 0.566. The number of amides is 1. The predicted molar refractivity (Wildman–Crippen MR) is 83.8 cm³/mol. The van der Waals surface area contributed by atoms with E-state index >= 15 is 0 Å². The van der Waals surface area contributed by atoms with E-state index < -0.39 is 30.7 Å². The van der Waals surface area contributed by atoms with Crippen molar-refractivity contribution >= 4 is 17.7 Å². The molecule has 0 atom stereocenters. The average molecular weight is 373 g/mol. The molecule has 0 radical (unpaired) electrons. The van der Waals surface area contributed by atoms with E-state index in [1.807, 2.05) is 0 Å². The summed E-state index contributed by atoms with van der Waals surface area (Å²) in [6.45, 7) is -6.34. The van der Waals surface area contributed by atoms with Crippen LogP contribution in [0.1, 0.15) is 5.56 Å². The fourth-order valence-corrected chi connectivity index (χ4v) is 1.94. The molecule has 1 amide bonds. The van der Waals surface area contributed by atoms with Crippen LogP contribution >= 0.6 is 0 Å². The second kappa shape index (κ2) is 8.84. The van der Waals surface area contributed by atoms with E-state index in [0.717, 1.165) is 30.4 Å². The molecule has 2 aromatic carbocycles. The molecule has 0 aliphatic rings. The molecule has 0 spiro atoms. The molecular formula is C17H12F5NO3. The third kappa shape index (κ3) is 6.08. The molecule has 2 rings (SSSR count). The normalized spacial score (nSPS) is 11.2. The molecule has 0 unspecified atom stereocenters. The SMILES string of the molecule is O=C(/C=C/c1ccc(OC(F)F)cc1OC(F)F)Nc1cccc(F)c1. The molecule has 9 heteroatoms. The van der Waals surface area contributed by atoms with Crippen LogP contribution in [0.3, 0.4) is 0 Å². The summed E-state index contributed by atoms with van der Waals surface area (Å²) in [5.41, 5.74) is 0.227. The number of nitrogens with one attached hydrogen (secondary N) is 1. The van der Waals surface area contributed by atoms with Gasteiger partial charge in [-0.25, -0.2) is 4.39 Å². The zero-order chi connectivity index (χ0) is 19.1. The Balaban J connectivity index is 2.15. The molecule has 1 N–H and O–H groups in total. The van der Waals surface area contributed by atoms with E-state index in [9.17, 15) is 26.7 Å². The molecule has 26 heavy (non-hydrogen) atoms. The number of benzene rings is 2. The number of carbonyl (C=O) groups is 1. The maximum atomic E-state index is 13.0. The van der Waals surface area contributed by atoms with Crippen LogP contribution < -0.4 is 14.8 Å². The van der Waals surface area contributed by atoms with E-state index in [1.54, 1.807) is 0 Å². The number of halogens is 5. The van der Waals surface area contributed by atoms with Crippen LogP contribution in [-0.4, -0.2) is 19.1 Å². The minimum atomic E-state index is -3.20. The van der Waals surface area contributed by atoms with Crippen LogP contribution in [-0.2, 0) is 4.79 Å². The number of anilines is 1. The van der Waals surface area contributed by atoms with Gasteiger partial charge in [0.05, 0.1) is 0 Å². The lowest BCUT2D eigenvalue weighted by Gasteiger charge is -2.11. The number of rotatable bonds is 7. The number of carbonyl (C=O) groups excluding carboxylic acids is 1. The van der Waals surface area contributed by atoms with E-state index in [0.29, 0.717) is 0 Å². The summed E-state index contributed by atoms with van der Waals surface area (Å²) in [6.07, 6.45) is 2.13. The first-order valence-electron chi connectivity index (χ1n) is 7.12. The molecule has 2 aromatic rings. The largest absolute Gasteiger partial charge is 0.435 e. The third-order valence-electron chi connectivity index (χ3n) is 2.93. The Morgan fingerprint density at radius 1 is 1.00 bits per heavy atom. The van der Waals surface area contributed by atoms with Gasteiger partial charge in [-0.3, -0.25) is 4.79 Å². The van der Waals surface area contributed by atoms with Crippen molar-refractivity contribution < 1.29 is 36.2 Å². The molecule has 0 heterocycles. The Morgan fingerprint density at radius 3 is 2.38 bits per heavy atom. The van der Waals surface area contributed by atoms with Gasteiger partial charge in [0, 0.05) is 23.4 Å². The van der Waals surface area contributed by atoms with E-state index in [4.69, 9.17) is 0 Å². The molecule has 0 saturated heterocycles. The van der Waals surface area contributed by atoms with Crippen LogP contribution in [0.25, 0.3) is 6.08 Å². The lowest BCUT2D eigenvalue weighted by atomic mass is 10.1. The maximum Gasteiger partial charge on any atom is 0.387 e. The van der Waals surface area contributed by atoms with Crippen LogP contribution in [0.2, 0.25) is 0 Å². The fourth-order valence-electron chi connectivity index (χ4n) is 1.94. The summed E-state index contributed by atoms with van der Waals surface area (Å²) in [5.74, 6) is -2.04. The minimum Gasteiger partial charge on any atom is -0.435 e. The number of ether oxygens (including phenoxy) is 2. The lowest BCUT2D eigenvalue weighted by molar-refractivity contribution is -0.111. The molecule has 138 valence electrons. The van der Waals surface area contributed by atoms with Crippen molar-refractivity contribution in [1.82, 2.24) is 0 Å². The van der Waals surface area contributed by atoms with Gasteiger partial charge >= 0.3 is 13.2 Å². The van der Waals surface area contributed by atoms with Gasteiger partial charge in [-0.15, -0.1) is 0 Å². The van der Waals surface area contributed by atoms with Crippen LogP contribution in [0.4, 0.5) is 27.6 Å². The molecular weight excluding hydrogens is 361 g/mol. The summed E-state index contributed by atoms with van der Waals surface area (Å²) in [6, 6.07) is 8.26. The average Bonchev–Trinajstić information content (AvgIpc) is 2.53. The highest BCUT2D eigenvalue weighted by Crippen LogP contribution is 2.28. The van der Waals surface area contributed by atoms with Crippen molar-refractivity contribution in [3.8, 4) is 11.5 Å². The van der Waals surface area contributed by atoms with Gasteiger partial charge in [0.1, 0.15) is 17.3 Å². The molecule has 0 aliphatic heterocycles. The molecule has 0 fully saturated rings. The van der Waals surface area contributed by atoms with Crippen molar-refractivity contribution in [2.24, 2.45) is 0 Å². The molecule has 4 nitrogen and oxygen atoms in total. The van der Waals surface area contributed by atoms with Crippen molar-refractivity contribution in [1.29, 1.82) is 0 Å². The van der Waals surface area contributed by atoms with Gasteiger partial charge in [-0.1, -0.05) is 6.07 Å². The Labute approximate surface area is 144 Å². The maximum absolute atomic E-state index is 13.0. The van der Waals surface area contributed by atoms with Crippen LogP contribution in [0.5, 0.6) is 11.5 Å². The Morgan fingerprint density at radius 2 is 1.73 bits per heavy atom. The van der Waals surface area contributed by atoms with Gasteiger partial charge in [-0.05, 0) is 36.4 Å². The standard InChI is InChI=1S/C17H12F5NO3/c18-11-2-1-3-12(8-11)23-15(24)7-5-10-4-6-13(25-16(19)20)9-14(10)26-17(21)22/h1-9,16-17H,(H,23,24)/b7-5+. The summed E-state index contributed by atoms with van der Waals surface area (Å²) in [7, 11) is 0. The third-order valence-corrected chi connectivity index (χ3v) is 2.93. The zero-order valence-electron chi connectivity index (χ0n) is 13.0. The van der Waals surface area contributed by atoms with Crippen LogP contribution in [0.15, 0.2) is 48.5 Å². The highest BCUT2D eigenvalue weighted by molar-refractivity contribution is 6.02. The predicted octanol–water partition coefficient (Wildman–Crippen LogP) is 4.68. The highest BCUT2D eigenvalue weighted by atomic mass is 19.3.